The highest BCUT2D eigenvalue weighted by atomic mass is 16.5. The molecule has 0 amide bonds. The third kappa shape index (κ3) is 3.54. The van der Waals surface area contributed by atoms with E-state index in [1.54, 1.807) is 6.92 Å². The molecule has 118 valence electrons. The van der Waals surface area contributed by atoms with Gasteiger partial charge in [-0.3, -0.25) is 14.3 Å². The second kappa shape index (κ2) is 6.75. The topological polar surface area (TPSA) is 64.1 Å². The van der Waals surface area contributed by atoms with Crippen molar-refractivity contribution in [2.24, 2.45) is 0 Å². The molecular weight excluding hydrogens is 280 g/mol. The minimum Gasteiger partial charge on any atom is -0.361 e. The van der Waals surface area contributed by atoms with Crippen LogP contribution in [0.25, 0.3) is 0 Å². The Morgan fingerprint density at radius 2 is 1.73 bits per heavy atom. The lowest BCUT2D eigenvalue weighted by Gasteiger charge is -2.15. The van der Waals surface area contributed by atoms with Crippen molar-refractivity contribution in [3.63, 3.8) is 0 Å². The molecule has 5 heteroatoms. The number of benzene rings is 1. The van der Waals surface area contributed by atoms with Gasteiger partial charge in [-0.15, -0.1) is 0 Å². The number of nitrogens with zero attached hydrogens (tertiary/aromatic N) is 1. The second-order valence-corrected chi connectivity index (χ2v) is 5.55. The third-order valence-corrected chi connectivity index (χ3v) is 3.64. The zero-order chi connectivity index (χ0) is 16.3. The molecule has 0 unspecified atom stereocenters. The van der Waals surface area contributed by atoms with Crippen molar-refractivity contribution in [2.75, 3.05) is 6.61 Å². The Balaban J connectivity index is 2.52. The van der Waals surface area contributed by atoms with Gasteiger partial charge in [-0.05, 0) is 33.3 Å². The van der Waals surface area contributed by atoms with Crippen molar-refractivity contribution in [3.8, 4) is 0 Å². The van der Waals surface area contributed by atoms with E-state index in [9.17, 15) is 9.59 Å². The molecule has 0 atom stereocenters. The predicted molar refractivity (Wildman–Crippen MR) is 86.4 cm³/mol. The molecule has 2 rings (SSSR count). The lowest BCUT2D eigenvalue weighted by atomic mass is 10.0. The van der Waals surface area contributed by atoms with Crippen molar-refractivity contribution < 1.29 is 4.74 Å². The quantitative estimate of drug-likeness (QED) is 0.919. The number of hydrogen-bond donors (Lipinski definition) is 1. The first-order chi connectivity index (χ1) is 10.4. The first-order valence-electron chi connectivity index (χ1n) is 7.40. The normalized spacial score (nSPS) is 10.9. The molecule has 0 fully saturated rings. The van der Waals surface area contributed by atoms with Gasteiger partial charge in [0.25, 0.3) is 5.56 Å². The van der Waals surface area contributed by atoms with Gasteiger partial charge in [-0.1, -0.05) is 29.3 Å². The number of aromatic nitrogens is 2. The van der Waals surface area contributed by atoms with Crippen molar-refractivity contribution in [2.45, 2.75) is 40.8 Å². The van der Waals surface area contributed by atoms with Gasteiger partial charge in [0, 0.05) is 24.3 Å². The highest BCUT2D eigenvalue weighted by Crippen LogP contribution is 2.14. The van der Waals surface area contributed by atoms with E-state index in [2.05, 4.69) is 23.2 Å². The summed E-state index contributed by atoms with van der Waals surface area (Å²) in [6, 6.07) is 6.24. The SMILES string of the molecule is CCOCn1c(Cc2cc(C)cc(C)c2)c(C)c(=O)[nH]c1=O. The second-order valence-electron chi connectivity index (χ2n) is 5.55. The molecule has 1 N–H and O–H groups in total. The van der Waals surface area contributed by atoms with E-state index < -0.39 is 5.69 Å². The fourth-order valence-corrected chi connectivity index (χ4v) is 2.63. The molecule has 0 bridgehead atoms. The van der Waals surface area contributed by atoms with Gasteiger partial charge < -0.3 is 4.74 Å². The Morgan fingerprint density at radius 1 is 1.09 bits per heavy atom. The Kier molecular flexibility index (Phi) is 4.98. The average molecular weight is 302 g/mol. The number of aromatic amines is 1. The van der Waals surface area contributed by atoms with Gasteiger partial charge >= 0.3 is 5.69 Å². The summed E-state index contributed by atoms with van der Waals surface area (Å²) in [5.41, 5.74) is 3.90. The van der Waals surface area contributed by atoms with Crippen LogP contribution < -0.4 is 11.2 Å². The molecule has 1 aromatic heterocycles. The summed E-state index contributed by atoms with van der Waals surface area (Å²) in [5, 5.41) is 0. The van der Waals surface area contributed by atoms with Gasteiger partial charge in [0.15, 0.2) is 0 Å². The van der Waals surface area contributed by atoms with Gasteiger partial charge in [-0.25, -0.2) is 4.79 Å². The van der Waals surface area contributed by atoms with Crippen LogP contribution in [0.15, 0.2) is 27.8 Å². The molecule has 0 radical (unpaired) electrons. The third-order valence-electron chi connectivity index (χ3n) is 3.64. The molecule has 2 aromatic rings. The van der Waals surface area contributed by atoms with Crippen molar-refractivity contribution >= 4 is 0 Å². The fraction of sp³-hybridized carbons (Fsp3) is 0.412. The van der Waals surface area contributed by atoms with Crippen molar-refractivity contribution in [1.82, 2.24) is 9.55 Å². The van der Waals surface area contributed by atoms with Crippen LogP contribution in [0.5, 0.6) is 0 Å². The zero-order valence-corrected chi connectivity index (χ0v) is 13.5. The van der Waals surface area contributed by atoms with Crippen LogP contribution in [0.3, 0.4) is 0 Å². The van der Waals surface area contributed by atoms with Crippen LogP contribution in [0.4, 0.5) is 0 Å². The number of ether oxygens (including phenoxy) is 1. The average Bonchev–Trinajstić information content (AvgIpc) is 2.43. The number of aryl methyl sites for hydroxylation is 2. The summed E-state index contributed by atoms with van der Waals surface area (Å²) in [6.45, 7) is 8.33. The summed E-state index contributed by atoms with van der Waals surface area (Å²) in [7, 11) is 0. The van der Waals surface area contributed by atoms with Gasteiger partial charge in [0.1, 0.15) is 6.73 Å². The highest BCUT2D eigenvalue weighted by molar-refractivity contribution is 5.32. The number of nitrogens with one attached hydrogen (secondary N) is 1. The standard InChI is InChI=1S/C17H22N2O3/c1-5-22-10-19-15(13(4)16(20)18-17(19)21)9-14-7-11(2)6-12(3)8-14/h6-8H,5,9-10H2,1-4H3,(H,18,20,21). The number of H-pyrrole nitrogens is 1. The van der Waals surface area contributed by atoms with E-state index in [1.807, 2.05) is 20.8 Å². The van der Waals surface area contributed by atoms with E-state index >= 15 is 0 Å². The summed E-state index contributed by atoms with van der Waals surface area (Å²) < 4.78 is 6.86. The van der Waals surface area contributed by atoms with Gasteiger partial charge in [0.2, 0.25) is 0 Å². The molecule has 0 spiro atoms. The van der Waals surface area contributed by atoms with E-state index in [0.717, 1.165) is 16.7 Å². The van der Waals surface area contributed by atoms with Crippen LogP contribution in [0.1, 0.15) is 34.9 Å². The van der Waals surface area contributed by atoms with E-state index in [4.69, 9.17) is 4.74 Å². The van der Waals surface area contributed by atoms with Crippen LogP contribution in [0.2, 0.25) is 0 Å². The molecule has 5 nitrogen and oxygen atoms in total. The molecule has 0 saturated carbocycles. The fourth-order valence-electron chi connectivity index (χ4n) is 2.63. The molecule has 1 heterocycles. The minimum absolute atomic E-state index is 0.146. The predicted octanol–water partition coefficient (Wildman–Crippen LogP) is 2.05. The largest absolute Gasteiger partial charge is 0.361 e. The molecule has 22 heavy (non-hydrogen) atoms. The Morgan fingerprint density at radius 3 is 2.32 bits per heavy atom. The van der Waals surface area contributed by atoms with Crippen LogP contribution in [-0.4, -0.2) is 16.2 Å². The monoisotopic (exact) mass is 302 g/mol. The highest BCUT2D eigenvalue weighted by Gasteiger charge is 2.12. The number of rotatable bonds is 5. The molecule has 0 aliphatic rings. The number of hydrogen-bond acceptors (Lipinski definition) is 3. The molecule has 1 aromatic carbocycles. The molecule has 0 aliphatic heterocycles. The molecule has 0 saturated heterocycles. The maximum Gasteiger partial charge on any atom is 0.330 e. The maximum atomic E-state index is 12.1. The van der Waals surface area contributed by atoms with Gasteiger partial charge in [-0.2, -0.15) is 0 Å². The summed E-state index contributed by atoms with van der Waals surface area (Å²) in [5.74, 6) is 0. The van der Waals surface area contributed by atoms with E-state index in [-0.39, 0.29) is 12.3 Å². The Labute approximate surface area is 129 Å². The van der Waals surface area contributed by atoms with Crippen LogP contribution in [0, 0.1) is 20.8 Å². The smallest absolute Gasteiger partial charge is 0.330 e. The lowest BCUT2D eigenvalue weighted by Crippen LogP contribution is -2.35. The lowest BCUT2D eigenvalue weighted by molar-refractivity contribution is 0.0822. The summed E-state index contributed by atoms with van der Waals surface area (Å²) >= 11 is 0. The van der Waals surface area contributed by atoms with Crippen molar-refractivity contribution in [3.05, 3.63) is 67.0 Å². The zero-order valence-electron chi connectivity index (χ0n) is 13.5. The van der Waals surface area contributed by atoms with Crippen LogP contribution in [-0.2, 0) is 17.9 Å². The Hall–Kier alpha value is -2.14. The maximum absolute atomic E-state index is 12.1. The van der Waals surface area contributed by atoms with E-state index in [0.29, 0.717) is 24.3 Å². The first-order valence-corrected chi connectivity index (χ1v) is 7.40. The van der Waals surface area contributed by atoms with Crippen molar-refractivity contribution in [1.29, 1.82) is 0 Å². The minimum atomic E-state index is -0.427. The first kappa shape index (κ1) is 16.2. The van der Waals surface area contributed by atoms with Crippen LogP contribution >= 0.6 is 0 Å². The summed E-state index contributed by atoms with van der Waals surface area (Å²) in [4.78, 5) is 26.3. The molecular formula is C17H22N2O3. The molecule has 0 aliphatic carbocycles. The van der Waals surface area contributed by atoms with Gasteiger partial charge in [0.05, 0.1) is 0 Å². The van der Waals surface area contributed by atoms with E-state index in [1.165, 1.54) is 4.57 Å². The summed E-state index contributed by atoms with van der Waals surface area (Å²) in [6.07, 6.45) is 0.528. The Bertz CT molecular complexity index is 767.